The van der Waals surface area contributed by atoms with Crippen molar-refractivity contribution in [2.24, 2.45) is 5.92 Å². The van der Waals surface area contributed by atoms with Gasteiger partial charge < -0.3 is 4.74 Å². The number of cyclic esters (lactones) is 1. The van der Waals surface area contributed by atoms with Crippen LogP contribution in [-0.4, -0.2) is 29.7 Å². The molecule has 1 amide bonds. The highest BCUT2D eigenvalue weighted by Crippen LogP contribution is 2.32. The maximum atomic E-state index is 11.6. The first-order valence-electron chi connectivity index (χ1n) is 6.15. The van der Waals surface area contributed by atoms with E-state index in [0.717, 1.165) is 0 Å². The van der Waals surface area contributed by atoms with Crippen LogP contribution in [0.5, 0.6) is 0 Å². The smallest absolute Gasteiger partial charge is 0.410 e. The van der Waals surface area contributed by atoms with Gasteiger partial charge in [0.1, 0.15) is 6.61 Å². The van der Waals surface area contributed by atoms with E-state index in [0.29, 0.717) is 18.6 Å². The molecular weight excluding hydrogens is 190 g/mol. The lowest BCUT2D eigenvalue weighted by Crippen LogP contribution is -2.43. The van der Waals surface area contributed by atoms with Crippen molar-refractivity contribution in [2.75, 3.05) is 6.61 Å². The molecule has 0 radical (unpaired) electrons. The van der Waals surface area contributed by atoms with Gasteiger partial charge in [-0.25, -0.2) is 4.79 Å². The van der Waals surface area contributed by atoms with Gasteiger partial charge in [-0.3, -0.25) is 4.90 Å². The summed E-state index contributed by atoms with van der Waals surface area (Å²) in [4.78, 5) is 13.5. The summed E-state index contributed by atoms with van der Waals surface area (Å²) in [7, 11) is 0. The number of carbonyl (C=O) groups excluding carboxylic acids is 1. The van der Waals surface area contributed by atoms with Crippen LogP contribution in [0.15, 0.2) is 0 Å². The lowest BCUT2D eigenvalue weighted by molar-refractivity contribution is 0.138. The van der Waals surface area contributed by atoms with Gasteiger partial charge in [0.05, 0.1) is 6.04 Å². The van der Waals surface area contributed by atoms with Crippen LogP contribution in [0.25, 0.3) is 0 Å². The van der Waals surface area contributed by atoms with Gasteiger partial charge in [-0.2, -0.15) is 0 Å². The lowest BCUT2D eigenvalue weighted by Gasteiger charge is -2.33. The molecule has 1 aliphatic carbocycles. The van der Waals surface area contributed by atoms with E-state index in [-0.39, 0.29) is 12.1 Å². The SMILES string of the molecule is CC(C)N1C(=O)OCC1C1CCCCC1. The van der Waals surface area contributed by atoms with E-state index in [1.54, 1.807) is 0 Å². The van der Waals surface area contributed by atoms with Crippen LogP contribution in [0, 0.1) is 5.92 Å². The summed E-state index contributed by atoms with van der Waals surface area (Å²) in [6, 6.07) is 0.615. The zero-order chi connectivity index (χ0) is 10.8. The standard InChI is InChI=1S/C12H21NO2/c1-9(2)13-11(8-15-12(13)14)10-6-4-3-5-7-10/h9-11H,3-8H2,1-2H3. The van der Waals surface area contributed by atoms with Gasteiger partial charge in [0.25, 0.3) is 0 Å². The Balaban J connectivity index is 2.03. The molecule has 0 N–H and O–H groups in total. The summed E-state index contributed by atoms with van der Waals surface area (Å²) in [5, 5.41) is 0. The maximum Gasteiger partial charge on any atom is 0.410 e. The van der Waals surface area contributed by atoms with Crippen LogP contribution in [0.1, 0.15) is 46.0 Å². The number of rotatable bonds is 2. The van der Waals surface area contributed by atoms with Crippen LogP contribution in [-0.2, 0) is 4.74 Å². The minimum atomic E-state index is -0.111. The van der Waals surface area contributed by atoms with Crippen molar-refractivity contribution in [1.82, 2.24) is 4.90 Å². The molecule has 1 atom stereocenters. The highest BCUT2D eigenvalue weighted by molar-refractivity contribution is 5.70. The molecule has 0 spiro atoms. The first kappa shape index (κ1) is 10.8. The molecule has 2 aliphatic rings. The molecular formula is C12H21NO2. The molecule has 86 valence electrons. The third-order valence-corrected chi connectivity index (χ3v) is 3.70. The third kappa shape index (κ3) is 2.11. The normalized spacial score (nSPS) is 28.6. The Bertz CT molecular complexity index is 234. The maximum absolute atomic E-state index is 11.6. The van der Waals surface area contributed by atoms with Crippen molar-refractivity contribution >= 4 is 6.09 Å². The molecule has 2 fully saturated rings. The second-order valence-electron chi connectivity index (χ2n) is 5.04. The van der Waals surface area contributed by atoms with E-state index < -0.39 is 0 Å². The zero-order valence-corrected chi connectivity index (χ0v) is 9.74. The van der Waals surface area contributed by atoms with Gasteiger partial charge in [-0.1, -0.05) is 19.3 Å². The Labute approximate surface area is 91.8 Å². The first-order chi connectivity index (χ1) is 7.20. The van der Waals surface area contributed by atoms with E-state index in [1.165, 1.54) is 32.1 Å². The Morgan fingerprint density at radius 3 is 2.53 bits per heavy atom. The van der Waals surface area contributed by atoms with Crippen molar-refractivity contribution in [1.29, 1.82) is 0 Å². The predicted octanol–water partition coefficient (Wildman–Crippen LogP) is 2.80. The molecule has 2 rings (SSSR count). The van der Waals surface area contributed by atoms with E-state index in [9.17, 15) is 4.79 Å². The molecule has 0 aromatic carbocycles. The predicted molar refractivity (Wildman–Crippen MR) is 58.7 cm³/mol. The molecule has 1 saturated heterocycles. The minimum absolute atomic E-state index is 0.111. The van der Waals surface area contributed by atoms with Gasteiger partial charge in [-0.05, 0) is 32.6 Å². The number of hydrogen-bond donors (Lipinski definition) is 0. The van der Waals surface area contributed by atoms with E-state index in [1.807, 2.05) is 4.90 Å². The first-order valence-corrected chi connectivity index (χ1v) is 6.15. The largest absolute Gasteiger partial charge is 0.447 e. The summed E-state index contributed by atoms with van der Waals surface area (Å²) in [5.41, 5.74) is 0. The lowest BCUT2D eigenvalue weighted by atomic mass is 9.83. The molecule has 1 heterocycles. The molecule has 0 bridgehead atoms. The number of ether oxygens (including phenoxy) is 1. The monoisotopic (exact) mass is 211 g/mol. The van der Waals surface area contributed by atoms with Crippen molar-refractivity contribution in [3.8, 4) is 0 Å². The van der Waals surface area contributed by atoms with Crippen LogP contribution in [0.3, 0.4) is 0 Å². The van der Waals surface area contributed by atoms with Gasteiger partial charge in [0, 0.05) is 6.04 Å². The highest BCUT2D eigenvalue weighted by atomic mass is 16.6. The summed E-state index contributed by atoms with van der Waals surface area (Å²) in [6.45, 7) is 4.76. The fraction of sp³-hybridized carbons (Fsp3) is 0.917. The molecule has 15 heavy (non-hydrogen) atoms. The number of hydrogen-bond acceptors (Lipinski definition) is 2. The summed E-state index contributed by atoms with van der Waals surface area (Å²) < 4.78 is 5.18. The van der Waals surface area contributed by atoms with Crippen LogP contribution < -0.4 is 0 Å². The molecule has 3 nitrogen and oxygen atoms in total. The molecule has 0 aromatic heterocycles. The quantitative estimate of drug-likeness (QED) is 0.703. The Morgan fingerprint density at radius 2 is 1.93 bits per heavy atom. The highest BCUT2D eigenvalue weighted by Gasteiger charge is 2.39. The van der Waals surface area contributed by atoms with Gasteiger partial charge in [-0.15, -0.1) is 0 Å². The average Bonchev–Trinajstić information content (AvgIpc) is 2.61. The number of nitrogens with zero attached hydrogens (tertiary/aromatic N) is 1. The third-order valence-electron chi connectivity index (χ3n) is 3.70. The Kier molecular flexibility index (Phi) is 3.17. The van der Waals surface area contributed by atoms with Crippen LogP contribution >= 0.6 is 0 Å². The fourth-order valence-corrected chi connectivity index (χ4v) is 2.92. The van der Waals surface area contributed by atoms with Gasteiger partial charge >= 0.3 is 6.09 Å². The number of amides is 1. The van der Waals surface area contributed by atoms with Crippen molar-refractivity contribution in [3.63, 3.8) is 0 Å². The van der Waals surface area contributed by atoms with Crippen molar-refractivity contribution in [2.45, 2.75) is 58.0 Å². The van der Waals surface area contributed by atoms with Gasteiger partial charge in [0.15, 0.2) is 0 Å². The molecule has 1 aliphatic heterocycles. The molecule has 0 aromatic rings. The summed E-state index contributed by atoms with van der Waals surface area (Å²) >= 11 is 0. The topological polar surface area (TPSA) is 29.5 Å². The van der Waals surface area contributed by atoms with Crippen LogP contribution in [0.4, 0.5) is 4.79 Å². The van der Waals surface area contributed by atoms with E-state index in [4.69, 9.17) is 4.74 Å². The minimum Gasteiger partial charge on any atom is -0.447 e. The molecule has 1 unspecified atom stereocenters. The second-order valence-corrected chi connectivity index (χ2v) is 5.04. The average molecular weight is 211 g/mol. The molecule has 1 saturated carbocycles. The van der Waals surface area contributed by atoms with Crippen molar-refractivity contribution in [3.05, 3.63) is 0 Å². The Hall–Kier alpha value is -0.730. The van der Waals surface area contributed by atoms with E-state index in [2.05, 4.69) is 13.8 Å². The van der Waals surface area contributed by atoms with E-state index >= 15 is 0 Å². The summed E-state index contributed by atoms with van der Waals surface area (Å²) in [6.07, 6.45) is 6.43. The van der Waals surface area contributed by atoms with Crippen LogP contribution in [0.2, 0.25) is 0 Å². The zero-order valence-electron chi connectivity index (χ0n) is 9.74. The summed E-state index contributed by atoms with van der Waals surface area (Å²) in [5.74, 6) is 0.674. The van der Waals surface area contributed by atoms with Crippen molar-refractivity contribution < 1.29 is 9.53 Å². The van der Waals surface area contributed by atoms with Gasteiger partial charge in [0.2, 0.25) is 0 Å². The second kappa shape index (κ2) is 4.42. The Morgan fingerprint density at radius 1 is 1.27 bits per heavy atom. The molecule has 3 heteroatoms. The number of carbonyl (C=O) groups is 1. The fourth-order valence-electron chi connectivity index (χ4n) is 2.92.